The molecule has 1 saturated heterocycles. The lowest BCUT2D eigenvalue weighted by Gasteiger charge is -2.41. The summed E-state index contributed by atoms with van der Waals surface area (Å²) in [6.07, 6.45) is 4.15. The van der Waals surface area contributed by atoms with E-state index >= 15 is 0 Å². The highest BCUT2D eigenvalue weighted by molar-refractivity contribution is 5.79. The topological polar surface area (TPSA) is 66.7 Å². The highest BCUT2D eigenvalue weighted by atomic mass is 16.5. The van der Waals surface area contributed by atoms with E-state index in [0.717, 1.165) is 69.6 Å². The number of rotatable bonds is 8. The molecule has 1 fully saturated rings. The molecular weight excluding hydrogens is 376 g/mol. The van der Waals surface area contributed by atoms with Gasteiger partial charge < -0.3 is 15.4 Å². The van der Waals surface area contributed by atoms with Crippen LogP contribution in [-0.2, 0) is 11.2 Å². The van der Waals surface area contributed by atoms with E-state index in [4.69, 9.17) is 4.74 Å². The van der Waals surface area contributed by atoms with E-state index in [0.29, 0.717) is 0 Å². The molecule has 0 unspecified atom stereocenters. The average Bonchev–Trinajstić information content (AvgIpc) is 3.15. The van der Waals surface area contributed by atoms with Gasteiger partial charge in [0.15, 0.2) is 5.96 Å². The normalized spacial score (nSPS) is 15.9. The summed E-state index contributed by atoms with van der Waals surface area (Å²) in [5.41, 5.74) is 3.54. The van der Waals surface area contributed by atoms with Gasteiger partial charge in [0.2, 0.25) is 0 Å². The Kier molecular flexibility index (Phi) is 7.87. The number of nitrogens with zero attached hydrogens (tertiary/aromatic N) is 4. The number of morpholine rings is 1. The molecule has 0 spiro atoms. The van der Waals surface area contributed by atoms with Crippen LogP contribution in [0.4, 0.5) is 0 Å². The van der Waals surface area contributed by atoms with Gasteiger partial charge in [-0.15, -0.1) is 0 Å². The minimum atomic E-state index is 0.0601. The number of guanidine groups is 1. The average molecular weight is 413 g/mol. The quantitative estimate of drug-likeness (QED) is 0.396. The molecule has 0 radical (unpaired) electrons. The van der Waals surface area contributed by atoms with Crippen molar-refractivity contribution in [1.82, 2.24) is 25.3 Å². The first kappa shape index (κ1) is 22.3. The van der Waals surface area contributed by atoms with Crippen LogP contribution in [0, 0.1) is 6.92 Å². The lowest BCUT2D eigenvalue weighted by molar-refractivity contribution is -0.00833. The van der Waals surface area contributed by atoms with Gasteiger partial charge in [-0.3, -0.25) is 9.89 Å². The number of ether oxygens (including phenoxy) is 1. The minimum Gasteiger partial charge on any atom is -0.379 e. The van der Waals surface area contributed by atoms with Crippen LogP contribution in [-0.4, -0.2) is 72.6 Å². The van der Waals surface area contributed by atoms with Crippen molar-refractivity contribution in [3.05, 3.63) is 47.8 Å². The van der Waals surface area contributed by atoms with Gasteiger partial charge in [0.05, 0.1) is 24.6 Å². The summed E-state index contributed by atoms with van der Waals surface area (Å²) in [5, 5.41) is 11.6. The summed E-state index contributed by atoms with van der Waals surface area (Å²) in [6, 6.07) is 10.2. The number of aliphatic imine (C=N–C) groups is 1. The lowest BCUT2D eigenvalue weighted by Crippen LogP contribution is -2.56. The fourth-order valence-corrected chi connectivity index (χ4v) is 3.74. The second kappa shape index (κ2) is 10.6. The van der Waals surface area contributed by atoms with Gasteiger partial charge in [-0.25, -0.2) is 4.68 Å². The molecule has 3 rings (SSSR count). The molecule has 0 saturated carbocycles. The molecule has 1 aliphatic heterocycles. The van der Waals surface area contributed by atoms with Crippen molar-refractivity contribution in [1.29, 1.82) is 0 Å². The summed E-state index contributed by atoms with van der Waals surface area (Å²) in [5.74, 6) is 0.855. The highest BCUT2D eigenvalue weighted by Crippen LogP contribution is 2.15. The molecule has 1 aromatic carbocycles. The van der Waals surface area contributed by atoms with E-state index in [9.17, 15) is 0 Å². The first-order chi connectivity index (χ1) is 14.5. The van der Waals surface area contributed by atoms with E-state index in [1.54, 1.807) is 0 Å². The molecule has 164 valence electrons. The fraction of sp³-hybridized carbons (Fsp3) is 0.565. The minimum absolute atomic E-state index is 0.0601. The molecule has 2 aromatic rings. The van der Waals surface area contributed by atoms with Gasteiger partial charge in [0.25, 0.3) is 0 Å². The van der Waals surface area contributed by atoms with Crippen LogP contribution >= 0.6 is 0 Å². The molecule has 0 atom stereocenters. The monoisotopic (exact) mass is 412 g/mol. The Morgan fingerprint density at radius 3 is 2.60 bits per heavy atom. The SMILES string of the molecule is CN=C(NCCCc1cn(-c2ccccc2)nc1C)NCC(C)(C)N1CCOCC1. The molecule has 7 heteroatoms. The molecule has 1 aromatic heterocycles. The van der Waals surface area contributed by atoms with Crippen molar-refractivity contribution in [2.45, 2.75) is 39.2 Å². The third-order valence-electron chi connectivity index (χ3n) is 5.72. The molecule has 0 amide bonds. The third-order valence-corrected chi connectivity index (χ3v) is 5.72. The summed E-state index contributed by atoms with van der Waals surface area (Å²) in [6.45, 7) is 11.9. The number of hydrogen-bond donors (Lipinski definition) is 2. The number of aromatic nitrogens is 2. The van der Waals surface area contributed by atoms with E-state index in [1.165, 1.54) is 5.56 Å². The summed E-state index contributed by atoms with van der Waals surface area (Å²) >= 11 is 0. The first-order valence-electron chi connectivity index (χ1n) is 10.9. The molecule has 0 bridgehead atoms. The Hall–Kier alpha value is -2.38. The van der Waals surface area contributed by atoms with Gasteiger partial charge in [0.1, 0.15) is 0 Å². The Balaban J connectivity index is 1.42. The number of aryl methyl sites for hydroxylation is 2. The Bertz CT molecular complexity index is 808. The smallest absolute Gasteiger partial charge is 0.191 e. The molecule has 2 heterocycles. The van der Waals surface area contributed by atoms with Crippen LogP contribution in [0.1, 0.15) is 31.5 Å². The maximum absolute atomic E-state index is 5.47. The van der Waals surface area contributed by atoms with E-state index < -0.39 is 0 Å². The number of hydrogen-bond acceptors (Lipinski definition) is 4. The van der Waals surface area contributed by atoms with Crippen molar-refractivity contribution < 1.29 is 4.74 Å². The van der Waals surface area contributed by atoms with Crippen LogP contribution in [0.3, 0.4) is 0 Å². The van der Waals surface area contributed by atoms with Crippen LogP contribution in [0.2, 0.25) is 0 Å². The standard InChI is InChI=1S/C23H36N6O/c1-19-20(17-29(27-19)21-10-6-5-7-11-21)9-8-12-25-22(24-4)26-18-23(2,3)28-13-15-30-16-14-28/h5-7,10-11,17H,8-9,12-16,18H2,1-4H3,(H2,24,25,26). The molecule has 1 aliphatic rings. The Labute approximate surface area is 180 Å². The van der Waals surface area contributed by atoms with Gasteiger partial charge in [0, 0.05) is 45.0 Å². The van der Waals surface area contributed by atoms with Crippen LogP contribution in [0.25, 0.3) is 5.69 Å². The zero-order valence-electron chi connectivity index (χ0n) is 18.8. The third kappa shape index (κ3) is 6.06. The van der Waals surface area contributed by atoms with Crippen molar-refractivity contribution in [3.63, 3.8) is 0 Å². The molecule has 7 nitrogen and oxygen atoms in total. The predicted octanol–water partition coefficient (Wildman–Crippen LogP) is 2.39. The maximum Gasteiger partial charge on any atom is 0.191 e. The van der Waals surface area contributed by atoms with Crippen LogP contribution in [0.15, 0.2) is 41.5 Å². The van der Waals surface area contributed by atoms with Crippen molar-refractivity contribution in [2.24, 2.45) is 4.99 Å². The van der Waals surface area contributed by atoms with Gasteiger partial charge in [-0.05, 0) is 51.3 Å². The second-order valence-corrected chi connectivity index (χ2v) is 8.39. The summed E-state index contributed by atoms with van der Waals surface area (Å²) in [7, 11) is 1.82. The zero-order chi connectivity index (χ0) is 21.4. The van der Waals surface area contributed by atoms with Gasteiger partial charge in [-0.1, -0.05) is 18.2 Å². The van der Waals surface area contributed by atoms with Crippen molar-refractivity contribution in [2.75, 3.05) is 46.4 Å². The maximum atomic E-state index is 5.47. The Morgan fingerprint density at radius 2 is 1.90 bits per heavy atom. The van der Waals surface area contributed by atoms with Crippen LogP contribution < -0.4 is 10.6 Å². The molecule has 2 N–H and O–H groups in total. The van der Waals surface area contributed by atoms with Gasteiger partial charge in [-0.2, -0.15) is 5.10 Å². The van der Waals surface area contributed by atoms with Crippen molar-refractivity contribution >= 4 is 5.96 Å². The van der Waals surface area contributed by atoms with Gasteiger partial charge >= 0.3 is 0 Å². The summed E-state index contributed by atoms with van der Waals surface area (Å²) < 4.78 is 7.44. The highest BCUT2D eigenvalue weighted by Gasteiger charge is 2.28. The predicted molar refractivity (Wildman–Crippen MR) is 122 cm³/mol. The van der Waals surface area contributed by atoms with E-state index in [1.807, 2.05) is 29.9 Å². The fourth-order valence-electron chi connectivity index (χ4n) is 3.74. The lowest BCUT2D eigenvalue weighted by atomic mass is 10.0. The van der Waals surface area contributed by atoms with Crippen LogP contribution in [0.5, 0.6) is 0 Å². The van der Waals surface area contributed by atoms with E-state index in [2.05, 4.69) is 64.7 Å². The number of benzene rings is 1. The second-order valence-electron chi connectivity index (χ2n) is 8.39. The number of nitrogens with one attached hydrogen (secondary N) is 2. The van der Waals surface area contributed by atoms with E-state index in [-0.39, 0.29) is 5.54 Å². The molecule has 0 aliphatic carbocycles. The molecular formula is C23H36N6O. The Morgan fingerprint density at radius 1 is 1.17 bits per heavy atom. The zero-order valence-corrected chi connectivity index (χ0v) is 18.8. The first-order valence-corrected chi connectivity index (χ1v) is 10.9. The summed E-state index contributed by atoms with van der Waals surface area (Å²) in [4.78, 5) is 6.85. The van der Waals surface area contributed by atoms with Crippen molar-refractivity contribution in [3.8, 4) is 5.69 Å². The molecule has 30 heavy (non-hydrogen) atoms. The largest absolute Gasteiger partial charge is 0.379 e. The number of para-hydroxylation sites is 1.